The Labute approximate surface area is 215 Å². The normalized spacial score (nSPS) is 12.6. The minimum atomic E-state index is -0.310. The first kappa shape index (κ1) is 26.7. The Morgan fingerprint density at radius 3 is 2.81 bits per heavy atom. The first-order valence-corrected chi connectivity index (χ1v) is 11.7. The van der Waals surface area contributed by atoms with Crippen LogP contribution in [0.3, 0.4) is 0 Å². The van der Waals surface area contributed by atoms with Gasteiger partial charge in [-0.25, -0.2) is 5.01 Å². The molecule has 0 aromatic heterocycles. The molecule has 0 atom stereocenters. The Bertz CT molecular complexity index is 1260. The lowest BCUT2D eigenvalue weighted by Gasteiger charge is -2.23. The molecule has 11 heteroatoms. The highest BCUT2D eigenvalue weighted by Gasteiger charge is 2.20. The number of oxime groups is 1. The van der Waals surface area contributed by atoms with E-state index in [9.17, 15) is 4.79 Å². The van der Waals surface area contributed by atoms with E-state index in [-0.39, 0.29) is 18.2 Å². The van der Waals surface area contributed by atoms with Gasteiger partial charge in [-0.2, -0.15) is 20.7 Å². The molecule has 1 aliphatic heterocycles. The molecule has 0 saturated carbocycles. The average molecular weight is 502 g/mol. The summed E-state index contributed by atoms with van der Waals surface area (Å²) in [7, 11) is 1.60. The number of hydrazone groups is 2. The number of amides is 1. The summed E-state index contributed by atoms with van der Waals surface area (Å²) < 4.78 is 11.2. The van der Waals surface area contributed by atoms with Crippen LogP contribution in [0.4, 0.5) is 5.69 Å². The summed E-state index contributed by atoms with van der Waals surface area (Å²) in [6.45, 7) is 2.83. The van der Waals surface area contributed by atoms with Gasteiger partial charge in [0, 0.05) is 12.1 Å². The molecule has 3 rings (SSSR count). The van der Waals surface area contributed by atoms with E-state index in [0.717, 1.165) is 30.5 Å². The molecule has 0 aliphatic carbocycles. The third kappa shape index (κ3) is 7.80. The van der Waals surface area contributed by atoms with Gasteiger partial charge in [0.15, 0.2) is 18.1 Å². The molecule has 37 heavy (non-hydrogen) atoms. The van der Waals surface area contributed by atoms with Gasteiger partial charge in [-0.1, -0.05) is 24.2 Å². The Morgan fingerprint density at radius 2 is 2.05 bits per heavy atom. The molecule has 1 N–H and O–H groups in total. The van der Waals surface area contributed by atoms with Crippen LogP contribution in [-0.4, -0.2) is 55.4 Å². The number of carbonyl (C=O) groups is 1. The quantitative estimate of drug-likeness (QED) is 0.365. The van der Waals surface area contributed by atoms with Crippen LogP contribution in [-0.2, 0) is 9.63 Å². The zero-order valence-corrected chi connectivity index (χ0v) is 20.7. The molecule has 11 nitrogen and oxygen atoms in total. The van der Waals surface area contributed by atoms with Gasteiger partial charge in [-0.15, -0.1) is 0 Å². The lowest BCUT2D eigenvalue weighted by molar-refractivity contribution is -0.136. The maximum absolute atomic E-state index is 12.7. The molecule has 0 radical (unpaired) electrons. The van der Waals surface area contributed by atoms with E-state index < -0.39 is 0 Å². The van der Waals surface area contributed by atoms with E-state index in [0.29, 0.717) is 35.9 Å². The second-order valence-electron chi connectivity index (χ2n) is 7.81. The van der Waals surface area contributed by atoms with Crippen molar-refractivity contribution in [3.05, 3.63) is 53.6 Å². The van der Waals surface area contributed by atoms with Gasteiger partial charge in [0.1, 0.15) is 12.1 Å². The van der Waals surface area contributed by atoms with Gasteiger partial charge in [-0.3, -0.25) is 10.2 Å². The molecular formula is C26H27N7O4. The Morgan fingerprint density at radius 1 is 1.22 bits per heavy atom. The first-order chi connectivity index (χ1) is 18.1. The summed E-state index contributed by atoms with van der Waals surface area (Å²) in [6, 6.07) is 15.9. The molecule has 0 bridgehead atoms. The fourth-order valence-corrected chi connectivity index (χ4v) is 3.35. The Kier molecular flexibility index (Phi) is 10.00. The van der Waals surface area contributed by atoms with Crippen LogP contribution in [0.2, 0.25) is 0 Å². The van der Waals surface area contributed by atoms with Gasteiger partial charge < -0.3 is 14.3 Å². The number of anilines is 1. The number of hydrogen-bond donors (Lipinski definition) is 1. The number of hydrogen-bond acceptors (Lipinski definition) is 10. The number of benzene rings is 2. The lowest BCUT2D eigenvalue weighted by atomic mass is 10.0. The number of carbonyl (C=O) groups excluding carboxylic acids is 1. The van der Waals surface area contributed by atoms with Gasteiger partial charge >= 0.3 is 0 Å². The summed E-state index contributed by atoms with van der Waals surface area (Å²) >= 11 is 0. The molecule has 0 spiro atoms. The van der Waals surface area contributed by atoms with Crippen molar-refractivity contribution in [2.75, 3.05) is 32.3 Å². The Balaban J connectivity index is 1.59. The van der Waals surface area contributed by atoms with Gasteiger partial charge in [0.25, 0.3) is 5.91 Å². The SMILES string of the molecule is CCCOc1cc(C2=NN(C(=O)CO/N=C/c3cccc(NN=C(C#N)C#N)c3)CCC2)ccc1OC. The van der Waals surface area contributed by atoms with Crippen LogP contribution in [0.5, 0.6) is 11.5 Å². The molecule has 0 saturated heterocycles. The average Bonchev–Trinajstić information content (AvgIpc) is 2.94. The van der Waals surface area contributed by atoms with E-state index >= 15 is 0 Å². The minimum absolute atomic E-state index is 0.267. The van der Waals surface area contributed by atoms with E-state index in [2.05, 4.69) is 20.8 Å². The summed E-state index contributed by atoms with van der Waals surface area (Å²) in [6.07, 6.45) is 3.83. The molecule has 1 amide bonds. The topological polar surface area (TPSA) is 145 Å². The van der Waals surface area contributed by atoms with Crippen LogP contribution in [0, 0.1) is 22.7 Å². The summed E-state index contributed by atoms with van der Waals surface area (Å²) in [5.74, 6) is 0.985. The van der Waals surface area contributed by atoms with Gasteiger partial charge in [-0.05, 0) is 55.2 Å². The number of nitrogens with zero attached hydrogens (tertiary/aromatic N) is 6. The molecule has 1 aliphatic rings. The third-order valence-electron chi connectivity index (χ3n) is 5.13. The van der Waals surface area contributed by atoms with Crippen molar-refractivity contribution in [1.82, 2.24) is 5.01 Å². The monoisotopic (exact) mass is 501 g/mol. The summed E-state index contributed by atoms with van der Waals surface area (Å²) in [4.78, 5) is 17.9. The second kappa shape index (κ2) is 13.9. The molecule has 0 fully saturated rings. The predicted octanol–water partition coefficient (Wildman–Crippen LogP) is 3.68. The standard InChI is InChI=1S/C26H27N7O4/c1-3-12-36-25-14-20(9-10-24(25)35-2)23-8-5-11-33(32-23)26(34)18-37-29-17-19-6-4-7-21(13-19)30-31-22(15-27)16-28/h4,6-7,9-10,13-14,17,30H,3,5,8,11-12,18H2,1-2H3/b29-17+. The van der Waals surface area contributed by atoms with Crippen molar-refractivity contribution < 1.29 is 19.1 Å². The van der Waals surface area contributed by atoms with E-state index in [1.165, 1.54) is 11.2 Å². The zero-order valence-electron chi connectivity index (χ0n) is 20.7. The number of methoxy groups -OCH3 is 1. The van der Waals surface area contributed by atoms with Crippen LogP contribution in [0.15, 0.2) is 57.8 Å². The molecule has 2 aromatic rings. The van der Waals surface area contributed by atoms with Crippen LogP contribution >= 0.6 is 0 Å². The van der Waals surface area contributed by atoms with Crippen molar-refractivity contribution in [2.45, 2.75) is 26.2 Å². The van der Waals surface area contributed by atoms with Crippen molar-refractivity contribution >= 4 is 29.2 Å². The maximum Gasteiger partial charge on any atom is 0.283 e. The maximum atomic E-state index is 12.7. The van der Waals surface area contributed by atoms with Crippen LogP contribution < -0.4 is 14.9 Å². The van der Waals surface area contributed by atoms with Crippen molar-refractivity contribution in [3.8, 4) is 23.6 Å². The van der Waals surface area contributed by atoms with Gasteiger partial charge in [0.05, 0.1) is 31.3 Å². The number of ether oxygens (including phenoxy) is 2. The van der Waals surface area contributed by atoms with Crippen LogP contribution in [0.1, 0.15) is 37.3 Å². The Hall–Kier alpha value is -4.90. The number of nitriles is 2. The highest BCUT2D eigenvalue weighted by molar-refractivity contribution is 6.10. The van der Waals surface area contributed by atoms with E-state index in [1.54, 1.807) is 43.5 Å². The molecule has 190 valence electrons. The van der Waals surface area contributed by atoms with Crippen molar-refractivity contribution in [3.63, 3.8) is 0 Å². The van der Waals surface area contributed by atoms with Crippen LogP contribution in [0.25, 0.3) is 0 Å². The molecular weight excluding hydrogens is 474 g/mol. The van der Waals surface area contributed by atoms with Crippen molar-refractivity contribution in [1.29, 1.82) is 10.5 Å². The summed E-state index contributed by atoms with van der Waals surface area (Å²) in [5.41, 5.74) is 5.22. The highest BCUT2D eigenvalue weighted by Crippen LogP contribution is 2.29. The summed E-state index contributed by atoms with van der Waals surface area (Å²) in [5, 5.41) is 31.0. The minimum Gasteiger partial charge on any atom is -0.493 e. The number of rotatable bonds is 11. The van der Waals surface area contributed by atoms with Crippen molar-refractivity contribution in [2.24, 2.45) is 15.4 Å². The second-order valence-corrected chi connectivity index (χ2v) is 7.81. The lowest BCUT2D eigenvalue weighted by Crippen LogP contribution is -2.34. The molecule has 0 unspecified atom stereocenters. The number of nitrogens with one attached hydrogen (secondary N) is 1. The zero-order chi connectivity index (χ0) is 26.5. The van der Waals surface area contributed by atoms with Gasteiger partial charge in [0.2, 0.25) is 5.71 Å². The molecule has 2 aromatic carbocycles. The third-order valence-corrected chi connectivity index (χ3v) is 5.13. The fourth-order valence-electron chi connectivity index (χ4n) is 3.35. The highest BCUT2D eigenvalue weighted by atomic mass is 16.6. The van der Waals surface area contributed by atoms with E-state index in [1.807, 2.05) is 25.1 Å². The first-order valence-electron chi connectivity index (χ1n) is 11.7. The molecule has 1 heterocycles. The fraction of sp³-hybridized carbons (Fsp3) is 0.308. The predicted molar refractivity (Wildman–Crippen MR) is 139 cm³/mol. The largest absolute Gasteiger partial charge is 0.493 e. The smallest absolute Gasteiger partial charge is 0.283 e. The van der Waals surface area contributed by atoms with E-state index in [4.69, 9.17) is 24.8 Å².